The number of aryl methyl sites for hydroxylation is 2. The number of rotatable bonds is 8. The fourth-order valence-electron chi connectivity index (χ4n) is 3.35. The fourth-order valence-corrected chi connectivity index (χ4v) is 3.35. The van der Waals surface area contributed by atoms with Crippen LogP contribution in [0.15, 0.2) is 45.6 Å². The van der Waals surface area contributed by atoms with Gasteiger partial charge in [0, 0.05) is 35.1 Å². The van der Waals surface area contributed by atoms with Crippen LogP contribution in [-0.2, 0) is 22.6 Å². The van der Waals surface area contributed by atoms with Gasteiger partial charge in [-0.3, -0.25) is 14.9 Å². The van der Waals surface area contributed by atoms with Gasteiger partial charge < -0.3 is 13.9 Å². The van der Waals surface area contributed by atoms with Gasteiger partial charge in [0.2, 0.25) is 0 Å². The quantitative estimate of drug-likeness (QED) is 0.228. The summed E-state index contributed by atoms with van der Waals surface area (Å²) in [5.41, 5.74) is 2.64. The summed E-state index contributed by atoms with van der Waals surface area (Å²) in [6, 6.07) is 9.73. The van der Waals surface area contributed by atoms with E-state index in [1.807, 2.05) is 13.0 Å². The normalized spacial score (nSPS) is 10.8. The molecular formula is C23H23NO7. The lowest BCUT2D eigenvalue weighted by atomic mass is 10.0. The monoisotopic (exact) mass is 425 g/mol. The Morgan fingerprint density at radius 2 is 1.81 bits per heavy atom. The van der Waals surface area contributed by atoms with Crippen LogP contribution in [0, 0.1) is 24.0 Å². The summed E-state index contributed by atoms with van der Waals surface area (Å²) in [6.45, 7) is 5.87. The van der Waals surface area contributed by atoms with Crippen LogP contribution in [-0.4, -0.2) is 17.5 Å². The maximum absolute atomic E-state index is 12.5. The molecular weight excluding hydrogens is 402 g/mol. The zero-order valence-corrected chi connectivity index (χ0v) is 17.6. The molecule has 0 saturated carbocycles. The smallest absolute Gasteiger partial charge is 0.339 e. The number of hydrogen-bond acceptors (Lipinski definition) is 7. The van der Waals surface area contributed by atoms with Crippen molar-refractivity contribution in [2.45, 2.75) is 40.2 Å². The number of nitrogens with zero attached hydrogens (tertiary/aromatic N) is 1. The predicted molar refractivity (Wildman–Crippen MR) is 114 cm³/mol. The van der Waals surface area contributed by atoms with Crippen molar-refractivity contribution < 1.29 is 23.6 Å². The standard InChI is InChI=1S/C23H23NO7/c1-4-29-21(25)12-10-19-14(2)18-9-11-20(15(3)22(18)31-23(19)26)30-13-16-5-7-17(8-6-16)24(27)28/h5-9,11H,4,10,12-13H2,1-3H3. The minimum atomic E-state index is -0.482. The zero-order chi connectivity index (χ0) is 22.5. The van der Waals surface area contributed by atoms with E-state index in [0.29, 0.717) is 29.1 Å². The van der Waals surface area contributed by atoms with Gasteiger partial charge in [-0.15, -0.1) is 0 Å². The highest BCUT2D eigenvalue weighted by molar-refractivity contribution is 5.85. The van der Waals surface area contributed by atoms with E-state index in [1.54, 1.807) is 32.0 Å². The van der Waals surface area contributed by atoms with Crippen LogP contribution in [0.3, 0.4) is 0 Å². The van der Waals surface area contributed by atoms with Gasteiger partial charge in [-0.25, -0.2) is 4.79 Å². The Morgan fingerprint density at radius 3 is 2.45 bits per heavy atom. The Bertz CT molecular complexity index is 1180. The summed E-state index contributed by atoms with van der Waals surface area (Å²) in [6.07, 6.45) is 0.362. The molecule has 0 N–H and O–H groups in total. The summed E-state index contributed by atoms with van der Waals surface area (Å²) in [5.74, 6) is 0.195. The molecule has 8 heteroatoms. The third kappa shape index (κ3) is 4.91. The molecule has 0 spiro atoms. The van der Waals surface area contributed by atoms with Gasteiger partial charge in [-0.2, -0.15) is 0 Å². The van der Waals surface area contributed by atoms with Gasteiger partial charge in [0.15, 0.2) is 0 Å². The number of hydrogen-bond donors (Lipinski definition) is 0. The first kappa shape index (κ1) is 22.0. The molecule has 162 valence electrons. The van der Waals surface area contributed by atoms with Crippen molar-refractivity contribution in [3.8, 4) is 5.75 Å². The van der Waals surface area contributed by atoms with E-state index in [-0.39, 0.29) is 31.1 Å². The second-order valence-corrected chi connectivity index (χ2v) is 7.08. The number of nitro benzene ring substituents is 1. The fraction of sp³-hybridized carbons (Fsp3) is 0.304. The molecule has 0 bridgehead atoms. The summed E-state index contributed by atoms with van der Waals surface area (Å²) in [4.78, 5) is 34.5. The Hall–Kier alpha value is -3.68. The number of nitro groups is 1. The molecule has 1 aromatic heterocycles. The first-order valence-electron chi connectivity index (χ1n) is 9.89. The SMILES string of the molecule is CCOC(=O)CCc1c(C)c2ccc(OCc3ccc([N+](=O)[O-])cc3)c(C)c2oc1=O. The topological polar surface area (TPSA) is 109 Å². The zero-order valence-electron chi connectivity index (χ0n) is 17.6. The van der Waals surface area contributed by atoms with Crippen molar-refractivity contribution in [3.05, 3.63) is 79.2 Å². The van der Waals surface area contributed by atoms with Crippen LogP contribution >= 0.6 is 0 Å². The molecule has 2 aromatic carbocycles. The van der Waals surface area contributed by atoms with Crippen LogP contribution < -0.4 is 10.4 Å². The van der Waals surface area contributed by atoms with Gasteiger partial charge in [-0.1, -0.05) is 0 Å². The first-order valence-corrected chi connectivity index (χ1v) is 9.89. The molecule has 0 aliphatic rings. The van der Waals surface area contributed by atoms with Crippen molar-refractivity contribution in [1.82, 2.24) is 0 Å². The molecule has 31 heavy (non-hydrogen) atoms. The summed E-state index contributed by atoms with van der Waals surface area (Å²) in [7, 11) is 0. The molecule has 0 radical (unpaired) electrons. The van der Waals surface area contributed by atoms with Gasteiger partial charge in [-0.05, 0) is 62.6 Å². The molecule has 1 heterocycles. The molecule has 3 rings (SSSR count). The minimum Gasteiger partial charge on any atom is -0.488 e. The van der Waals surface area contributed by atoms with E-state index in [0.717, 1.165) is 16.5 Å². The van der Waals surface area contributed by atoms with E-state index in [4.69, 9.17) is 13.9 Å². The maximum Gasteiger partial charge on any atom is 0.339 e. The molecule has 0 atom stereocenters. The molecule has 0 unspecified atom stereocenters. The molecule has 0 aliphatic carbocycles. The summed E-state index contributed by atoms with van der Waals surface area (Å²) >= 11 is 0. The lowest BCUT2D eigenvalue weighted by molar-refractivity contribution is -0.384. The summed E-state index contributed by atoms with van der Waals surface area (Å²) < 4.78 is 16.3. The van der Waals surface area contributed by atoms with Gasteiger partial charge >= 0.3 is 11.6 Å². The van der Waals surface area contributed by atoms with Crippen molar-refractivity contribution in [2.24, 2.45) is 0 Å². The number of carbonyl (C=O) groups excluding carboxylic acids is 1. The highest BCUT2D eigenvalue weighted by atomic mass is 16.6. The third-order valence-corrected chi connectivity index (χ3v) is 5.08. The molecule has 3 aromatic rings. The highest BCUT2D eigenvalue weighted by Gasteiger charge is 2.16. The number of ether oxygens (including phenoxy) is 2. The minimum absolute atomic E-state index is 0.0154. The Labute approximate surface area is 178 Å². The van der Waals surface area contributed by atoms with Gasteiger partial charge in [0.1, 0.15) is 17.9 Å². The largest absolute Gasteiger partial charge is 0.488 e. The number of esters is 1. The van der Waals surface area contributed by atoms with Crippen LogP contribution in [0.4, 0.5) is 5.69 Å². The number of non-ortho nitro benzene ring substituents is 1. The van der Waals surface area contributed by atoms with Crippen molar-refractivity contribution >= 4 is 22.6 Å². The van der Waals surface area contributed by atoms with Crippen LogP contribution in [0.1, 0.15) is 35.6 Å². The molecule has 8 nitrogen and oxygen atoms in total. The van der Waals surface area contributed by atoms with E-state index in [1.165, 1.54) is 12.1 Å². The van der Waals surface area contributed by atoms with Crippen LogP contribution in [0.5, 0.6) is 5.75 Å². The van der Waals surface area contributed by atoms with Crippen molar-refractivity contribution in [1.29, 1.82) is 0 Å². The van der Waals surface area contributed by atoms with Crippen LogP contribution in [0.25, 0.3) is 11.0 Å². The number of benzene rings is 2. The van der Waals surface area contributed by atoms with Gasteiger partial charge in [0.05, 0.1) is 11.5 Å². The first-order chi connectivity index (χ1) is 14.8. The average molecular weight is 425 g/mol. The lowest BCUT2D eigenvalue weighted by Crippen LogP contribution is -2.14. The summed E-state index contributed by atoms with van der Waals surface area (Å²) in [5, 5.41) is 11.5. The Balaban J connectivity index is 1.83. The molecule has 0 amide bonds. The second-order valence-electron chi connectivity index (χ2n) is 7.08. The second kappa shape index (κ2) is 9.42. The van der Waals surface area contributed by atoms with Crippen LogP contribution in [0.2, 0.25) is 0 Å². The van der Waals surface area contributed by atoms with Gasteiger partial charge in [0.25, 0.3) is 5.69 Å². The highest BCUT2D eigenvalue weighted by Crippen LogP contribution is 2.30. The van der Waals surface area contributed by atoms with E-state index < -0.39 is 10.5 Å². The van der Waals surface area contributed by atoms with Crippen molar-refractivity contribution in [2.75, 3.05) is 6.61 Å². The predicted octanol–water partition coefficient (Wildman–Crippen LogP) is 4.39. The molecule has 0 aliphatic heterocycles. The lowest BCUT2D eigenvalue weighted by Gasteiger charge is -2.13. The molecule has 0 saturated heterocycles. The molecule has 0 fully saturated rings. The Morgan fingerprint density at radius 1 is 1.10 bits per heavy atom. The average Bonchev–Trinajstić information content (AvgIpc) is 2.74. The maximum atomic E-state index is 12.5. The van der Waals surface area contributed by atoms with E-state index in [9.17, 15) is 19.7 Å². The van der Waals surface area contributed by atoms with E-state index >= 15 is 0 Å². The number of carbonyl (C=O) groups is 1. The van der Waals surface area contributed by atoms with E-state index in [2.05, 4.69) is 0 Å². The van der Waals surface area contributed by atoms with Crippen molar-refractivity contribution in [3.63, 3.8) is 0 Å². The number of fused-ring (bicyclic) bond motifs is 1. The third-order valence-electron chi connectivity index (χ3n) is 5.08. The Kier molecular flexibility index (Phi) is 6.69.